The van der Waals surface area contributed by atoms with E-state index in [4.69, 9.17) is 18.9 Å². The predicted molar refractivity (Wildman–Crippen MR) is 145 cm³/mol. The van der Waals surface area contributed by atoms with Crippen molar-refractivity contribution in [1.82, 2.24) is 0 Å². The van der Waals surface area contributed by atoms with Gasteiger partial charge in [-0.3, -0.25) is 14.5 Å². The Morgan fingerprint density at radius 3 is 1.97 bits per heavy atom. The summed E-state index contributed by atoms with van der Waals surface area (Å²) in [5, 5.41) is 11.6. The fraction of sp³-hybridized carbons (Fsp3) is 0.267. The van der Waals surface area contributed by atoms with E-state index in [9.17, 15) is 14.7 Å². The maximum atomic E-state index is 13.6. The van der Waals surface area contributed by atoms with Crippen LogP contribution in [0.4, 0.5) is 5.69 Å². The summed E-state index contributed by atoms with van der Waals surface area (Å²) in [6.45, 7) is 5.55. The van der Waals surface area contributed by atoms with Gasteiger partial charge in [0.15, 0.2) is 11.5 Å². The number of Topliss-reactive ketones (excluding diaryl/α,β-unsaturated/α-hetero) is 1. The second kappa shape index (κ2) is 10.5. The lowest BCUT2D eigenvalue weighted by Gasteiger charge is -2.27. The monoisotopic (exact) mass is 517 g/mol. The van der Waals surface area contributed by atoms with Crippen LogP contribution in [0.3, 0.4) is 0 Å². The molecule has 8 nitrogen and oxygen atoms in total. The maximum absolute atomic E-state index is 13.6. The molecular weight excluding hydrogens is 486 g/mol. The van der Waals surface area contributed by atoms with Crippen molar-refractivity contribution in [3.8, 4) is 23.0 Å². The number of aliphatic hydroxyl groups is 1. The number of aryl methyl sites for hydroxylation is 3. The summed E-state index contributed by atoms with van der Waals surface area (Å²) >= 11 is 0. The van der Waals surface area contributed by atoms with Gasteiger partial charge in [-0.05, 0) is 79.4 Å². The number of benzene rings is 3. The number of ketones is 1. The van der Waals surface area contributed by atoms with Gasteiger partial charge in [-0.25, -0.2) is 0 Å². The number of methoxy groups -OCH3 is 4. The molecule has 0 spiro atoms. The van der Waals surface area contributed by atoms with Gasteiger partial charge in [0, 0.05) is 11.3 Å². The minimum absolute atomic E-state index is 0.0431. The van der Waals surface area contributed by atoms with Crippen molar-refractivity contribution in [2.75, 3.05) is 33.3 Å². The number of ether oxygens (including phenoxy) is 4. The molecule has 8 heteroatoms. The summed E-state index contributed by atoms with van der Waals surface area (Å²) in [4.78, 5) is 28.6. The zero-order valence-electron chi connectivity index (χ0n) is 22.5. The van der Waals surface area contributed by atoms with Crippen molar-refractivity contribution in [1.29, 1.82) is 0 Å². The summed E-state index contributed by atoms with van der Waals surface area (Å²) in [6, 6.07) is 13.2. The molecule has 38 heavy (non-hydrogen) atoms. The number of hydrogen-bond acceptors (Lipinski definition) is 7. The molecular formula is C30H31NO7. The third kappa shape index (κ3) is 4.42. The fourth-order valence-corrected chi connectivity index (χ4v) is 4.86. The number of carbonyl (C=O) groups excluding carboxylic acids is 2. The van der Waals surface area contributed by atoms with Crippen LogP contribution in [0.2, 0.25) is 0 Å². The molecule has 1 atom stereocenters. The minimum Gasteiger partial charge on any atom is -0.507 e. The molecule has 1 heterocycles. The van der Waals surface area contributed by atoms with E-state index in [-0.39, 0.29) is 11.3 Å². The van der Waals surface area contributed by atoms with Gasteiger partial charge in [0.05, 0.1) is 40.1 Å². The van der Waals surface area contributed by atoms with Crippen molar-refractivity contribution in [3.63, 3.8) is 0 Å². The molecule has 1 amide bonds. The van der Waals surface area contributed by atoms with Crippen LogP contribution in [0.1, 0.15) is 33.9 Å². The van der Waals surface area contributed by atoms with E-state index in [0.717, 1.165) is 11.1 Å². The van der Waals surface area contributed by atoms with Crippen molar-refractivity contribution < 1.29 is 33.6 Å². The van der Waals surface area contributed by atoms with E-state index in [1.165, 1.54) is 26.2 Å². The number of hydrogen-bond donors (Lipinski definition) is 1. The van der Waals surface area contributed by atoms with Gasteiger partial charge in [-0.2, -0.15) is 0 Å². The Morgan fingerprint density at radius 1 is 0.789 bits per heavy atom. The zero-order valence-corrected chi connectivity index (χ0v) is 22.5. The highest BCUT2D eigenvalue weighted by Gasteiger charge is 2.47. The Bertz CT molecular complexity index is 1430. The van der Waals surface area contributed by atoms with E-state index in [1.54, 1.807) is 37.4 Å². The Labute approximate surface area is 222 Å². The first-order valence-electron chi connectivity index (χ1n) is 12.0. The molecule has 1 N–H and O–H groups in total. The number of amides is 1. The number of carbonyl (C=O) groups is 2. The molecule has 1 aliphatic heterocycles. The molecule has 0 bridgehead atoms. The topological polar surface area (TPSA) is 94.5 Å². The molecule has 3 aromatic rings. The number of nitrogens with zero attached hydrogens (tertiary/aromatic N) is 1. The van der Waals surface area contributed by atoms with Crippen molar-refractivity contribution >= 4 is 23.1 Å². The summed E-state index contributed by atoms with van der Waals surface area (Å²) < 4.78 is 22.0. The molecule has 0 radical (unpaired) electrons. The van der Waals surface area contributed by atoms with Gasteiger partial charge in [0.1, 0.15) is 11.5 Å². The van der Waals surface area contributed by atoms with Crippen molar-refractivity contribution in [2.45, 2.75) is 26.8 Å². The number of rotatable bonds is 7. The minimum atomic E-state index is -0.965. The highest BCUT2D eigenvalue weighted by molar-refractivity contribution is 6.51. The van der Waals surface area contributed by atoms with Crippen LogP contribution in [-0.4, -0.2) is 45.2 Å². The molecule has 1 fully saturated rings. The Kier molecular flexibility index (Phi) is 7.35. The van der Waals surface area contributed by atoms with E-state index >= 15 is 0 Å². The average molecular weight is 518 g/mol. The van der Waals surface area contributed by atoms with Crippen LogP contribution in [0.15, 0.2) is 54.1 Å². The van der Waals surface area contributed by atoms with Crippen LogP contribution in [0.5, 0.6) is 23.0 Å². The first kappa shape index (κ1) is 26.6. The Balaban J connectivity index is 2.05. The molecule has 0 aliphatic carbocycles. The smallest absolute Gasteiger partial charge is 0.300 e. The summed E-state index contributed by atoms with van der Waals surface area (Å²) in [5.74, 6) is -0.0930. The van der Waals surface area contributed by atoms with Crippen LogP contribution in [-0.2, 0) is 9.59 Å². The third-order valence-corrected chi connectivity index (χ3v) is 6.72. The van der Waals surface area contributed by atoms with Crippen LogP contribution in [0.25, 0.3) is 5.76 Å². The number of anilines is 1. The summed E-state index contributed by atoms with van der Waals surface area (Å²) in [5.41, 5.74) is 3.79. The van der Waals surface area contributed by atoms with Gasteiger partial charge in [0.25, 0.3) is 11.7 Å². The average Bonchev–Trinajstić information content (AvgIpc) is 3.18. The van der Waals surface area contributed by atoms with Crippen LogP contribution in [0, 0.1) is 20.8 Å². The standard InChI is InChI=1S/C30H31NO7/c1-16-9-8-10-20(11-16)31-26(19-14-23(36-5)29(38-7)24(15-19)37-6)25(28(33)30(31)34)27(32)21-12-18(3)22(35-4)13-17(21)2/h8-15,26,32H,1-7H3/b27-25+. The number of aliphatic hydroxyl groups excluding tert-OH is 1. The van der Waals surface area contributed by atoms with Gasteiger partial charge >= 0.3 is 0 Å². The maximum Gasteiger partial charge on any atom is 0.300 e. The van der Waals surface area contributed by atoms with Gasteiger partial charge in [0.2, 0.25) is 5.75 Å². The summed E-state index contributed by atoms with van der Waals surface area (Å²) in [7, 11) is 6.04. The zero-order chi connectivity index (χ0) is 27.7. The quantitative estimate of drug-likeness (QED) is 0.259. The lowest BCUT2D eigenvalue weighted by Crippen LogP contribution is -2.29. The highest BCUT2D eigenvalue weighted by Crippen LogP contribution is 2.47. The lowest BCUT2D eigenvalue weighted by atomic mass is 9.92. The van der Waals surface area contributed by atoms with Crippen molar-refractivity contribution in [3.05, 3.63) is 81.9 Å². The Morgan fingerprint density at radius 2 is 1.42 bits per heavy atom. The molecule has 0 aromatic heterocycles. The fourth-order valence-electron chi connectivity index (χ4n) is 4.86. The van der Waals surface area contributed by atoms with E-state index in [0.29, 0.717) is 45.4 Å². The largest absolute Gasteiger partial charge is 0.507 e. The first-order chi connectivity index (χ1) is 18.2. The third-order valence-electron chi connectivity index (χ3n) is 6.72. The Hall–Kier alpha value is -4.46. The summed E-state index contributed by atoms with van der Waals surface area (Å²) in [6.07, 6.45) is 0. The molecule has 0 saturated carbocycles. The highest BCUT2D eigenvalue weighted by atomic mass is 16.5. The predicted octanol–water partition coefficient (Wildman–Crippen LogP) is 5.27. The van der Waals surface area contributed by atoms with E-state index < -0.39 is 17.7 Å². The van der Waals surface area contributed by atoms with Gasteiger partial charge in [-0.1, -0.05) is 12.1 Å². The molecule has 1 aliphatic rings. The normalized spacial score (nSPS) is 16.5. The van der Waals surface area contributed by atoms with Gasteiger partial charge in [-0.15, -0.1) is 0 Å². The second-order valence-corrected chi connectivity index (χ2v) is 9.10. The SMILES string of the molecule is COc1cc(C)c(/C(O)=C2\C(=O)C(=O)N(c3cccc(C)c3)C2c2cc(OC)c(OC)c(OC)c2)cc1C. The van der Waals surface area contributed by atoms with E-state index in [2.05, 4.69) is 0 Å². The molecule has 1 saturated heterocycles. The van der Waals surface area contributed by atoms with E-state index in [1.807, 2.05) is 39.0 Å². The second-order valence-electron chi connectivity index (χ2n) is 9.10. The first-order valence-corrected chi connectivity index (χ1v) is 12.0. The molecule has 3 aromatic carbocycles. The molecule has 1 unspecified atom stereocenters. The molecule has 198 valence electrons. The van der Waals surface area contributed by atoms with Crippen LogP contribution < -0.4 is 23.8 Å². The van der Waals surface area contributed by atoms with Crippen LogP contribution >= 0.6 is 0 Å². The van der Waals surface area contributed by atoms with Crippen molar-refractivity contribution in [2.24, 2.45) is 0 Å². The van der Waals surface area contributed by atoms with Gasteiger partial charge < -0.3 is 24.1 Å². The molecule has 4 rings (SSSR count). The lowest BCUT2D eigenvalue weighted by molar-refractivity contribution is -0.132.